The zero-order chi connectivity index (χ0) is 9.80. The third-order valence-electron chi connectivity index (χ3n) is 1.64. The fourth-order valence-corrected chi connectivity index (χ4v) is 1.85. The molecule has 2 aromatic heterocycles. The van der Waals surface area contributed by atoms with E-state index in [1.54, 1.807) is 24.2 Å². The minimum atomic E-state index is 0.660. The highest BCUT2D eigenvalue weighted by Crippen LogP contribution is 2.21. The fraction of sp³-hybridized carbons (Fsp3) is 0.100. The second-order valence-electron chi connectivity index (χ2n) is 2.68. The molecule has 0 unspecified atom stereocenters. The second-order valence-corrected chi connectivity index (χ2v) is 4.11. The summed E-state index contributed by atoms with van der Waals surface area (Å²) in [5.74, 6) is 1.74. The van der Waals surface area contributed by atoms with Gasteiger partial charge in [-0.1, -0.05) is 23.4 Å². The molecule has 0 aliphatic rings. The number of nitrogens with zero attached hydrogens (tertiary/aromatic N) is 1. The predicted octanol–water partition coefficient (Wildman–Crippen LogP) is 3.62. The monoisotopic (exact) mass is 225 g/mol. The van der Waals surface area contributed by atoms with Crippen molar-refractivity contribution >= 4 is 23.4 Å². The van der Waals surface area contributed by atoms with E-state index in [0.29, 0.717) is 5.02 Å². The number of furan rings is 1. The number of thioether (sulfide) groups is 1. The van der Waals surface area contributed by atoms with Crippen molar-refractivity contribution in [2.75, 3.05) is 0 Å². The van der Waals surface area contributed by atoms with Crippen LogP contribution >= 0.6 is 23.4 Å². The van der Waals surface area contributed by atoms with Crippen LogP contribution in [-0.4, -0.2) is 4.98 Å². The van der Waals surface area contributed by atoms with Crippen LogP contribution in [0.25, 0.3) is 0 Å². The fourth-order valence-electron chi connectivity index (χ4n) is 0.987. The second kappa shape index (κ2) is 4.53. The van der Waals surface area contributed by atoms with Gasteiger partial charge in [0.1, 0.15) is 5.76 Å². The maximum Gasteiger partial charge on any atom is 0.114 e. The standard InChI is InChI=1S/C10H8ClNOS/c11-8-3-4-10(12-6-8)14-7-9-2-1-5-13-9/h1-6H,7H2. The average molecular weight is 226 g/mol. The van der Waals surface area contributed by atoms with E-state index in [-0.39, 0.29) is 0 Å². The molecule has 14 heavy (non-hydrogen) atoms. The Morgan fingerprint density at radius 2 is 2.29 bits per heavy atom. The topological polar surface area (TPSA) is 26.0 Å². The van der Waals surface area contributed by atoms with Crippen molar-refractivity contribution in [2.24, 2.45) is 0 Å². The van der Waals surface area contributed by atoms with Crippen LogP contribution < -0.4 is 0 Å². The van der Waals surface area contributed by atoms with E-state index in [0.717, 1.165) is 16.5 Å². The third kappa shape index (κ3) is 2.53. The highest BCUT2D eigenvalue weighted by atomic mass is 35.5. The molecule has 0 aliphatic carbocycles. The van der Waals surface area contributed by atoms with Gasteiger partial charge >= 0.3 is 0 Å². The molecule has 0 bridgehead atoms. The predicted molar refractivity (Wildman–Crippen MR) is 57.5 cm³/mol. The van der Waals surface area contributed by atoms with Crippen molar-refractivity contribution in [2.45, 2.75) is 10.8 Å². The Labute approximate surface area is 91.3 Å². The number of hydrogen-bond donors (Lipinski definition) is 0. The van der Waals surface area contributed by atoms with E-state index >= 15 is 0 Å². The van der Waals surface area contributed by atoms with Crippen LogP contribution in [0.5, 0.6) is 0 Å². The molecule has 0 atom stereocenters. The Morgan fingerprint density at radius 1 is 1.36 bits per heavy atom. The van der Waals surface area contributed by atoms with E-state index in [1.807, 2.05) is 24.3 Å². The van der Waals surface area contributed by atoms with Gasteiger partial charge in [0.05, 0.1) is 22.1 Å². The van der Waals surface area contributed by atoms with Gasteiger partial charge in [0, 0.05) is 6.20 Å². The maximum atomic E-state index is 5.72. The number of pyridine rings is 1. The summed E-state index contributed by atoms with van der Waals surface area (Å²) >= 11 is 7.34. The normalized spacial score (nSPS) is 10.4. The molecule has 0 aromatic carbocycles. The van der Waals surface area contributed by atoms with Crippen LogP contribution in [0.3, 0.4) is 0 Å². The zero-order valence-electron chi connectivity index (χ0n) is 7.31. The van der Waals surface area contributed by atoms with Crippen LogP contribution in [0.1, 0.15) is 5.76 Å². The van der Waals surface area contributed by atoms with E-state index in [4.69, 9.17) is 16.0 Å². The van der Waals surface area contributed by atoms with Gasteiger partial charge in [0.25, 0.3) is 0 Å². The molecule has 0 amide bonds. The summed E-state index contributed by atoms with van der Waals surface area (Å²) in [5, 5.41) is 1.61. The van der Waals surface area contributed by atoms with Crippen molar-refractivity contribution in [3.05, 3.63) is 47.5 Å². The lowest BCUT2D eigenvalue weighted by Crippen LogP contribution is -1.80. The number of rotatable bonds is 3. The maximum absolute atomic E-state index is 5.72. The van der Waals surface area contributed by atoms with Gasteiger partial charge in [-0.25, -0.2) is 4.98 Å². The van der Waals surface area contributed by atoms with Gasteiger partial charge < -0.3 is 4.42 Å². The molecular formula is C10H8ClNOS. The molecule has 2 rings (SSSR count). The first-order valence-electron chi connectivity index (χ1n) is 4.11. The molecule has 4 heteroatoms. The molecule has 0 N–H and O–H groups in total. The molecule has 0 saturated heterocycles. The first-order valence-corrected chi connectivity index (χ1v) is 5.48. The summed E-state index contributed by atoms with van der Waals surface area (Å²) in [6, 6.07) is 7.56. The van der Waals surface area contributed by atoms with Crippen LogP contribution in [0.15, 0.2) is 46.2 Å². The molecule has 2 aromatic rings. The summed E-state index contributed by atoms with van der Waals surface area (Å²) in [6.45, 7) is 0. The molecule has 0 fully saturated rings. The Hall–Kier alpha value is -0.930. The van der Waals surface area contributed by atoms with Crippen LogP contribution in [0, 0.1) is 0 Å². The van der Waals surface area contributed by atoms with Gasteiger partial charge in [-0.2, -0.15) is 0 Å². The summed E-state index contributed by atoms with van der Waals surface area (Å²) in [6.07, 6.45) is 3.32. The SMILES string of the molecule is Clc1ccc(SCc2ccco2)nc1. The van der Waals surface area contributed by atoms with Gasteiger partial charge in [-0.05, 0) is 24.3 Å². The molecule has 0 saturated carbocycles. The largest absolute Gasteiger partial charge is 0.468 e. The quantitative estimate of drug-likeness (QED) is 0.747. The Kier molecular flexibility index (Phi) is 3.11. The Balaban J connectivity index is 1.95. The molecular weight excluding hydrogens is 218 g/mol. The van der Waals surface area contributed by atoms with Crippen LogP contribution in [-0.2, 0) is 5.75 Å². The summed E-state index contributed by atoms with van der Waals surface area (Å²) in [7, 11) is 0. The molecule has 72 valence electrons. The number of halogens is 1. The van der Waals surface area contributed by atoms with Crippen LogP contribution in [0.4, 0.5) is 0 Å². The zero-order valence-corrected chi connectivity index (χ0v) is 8.89. The Bertz CT molecular complexity index is 385. The van der Waals surface area contributed by atoms with Gasteiger partial charge in [0.2, 0.25) is 0 Å². The highest BCUT2D eigenvalue weighted by Gasteiger charge is 1.99. The van der Waals surface area contributed by atoms with Crippen LogP contribution in [0.2, 0.25) is 5.02 Å². The molecule has 2 nitrogen and oxygen atoms in total. The number of aromatic nitrogens is 1. The minimum Gasteiger partial charge on any atom is -0.468 e. The van der Waals surface area contributed by atoms with E-state index in [9.17, 15) is 0 Å². The van der Waals surface area contributed by atoms with Gasteiger partial charge in [-0.15, -0.1) is 0 Å². The van der Waals surface area contributed by atoms with Gasteiger partial charge in [-0.3, -0.25) is 0 Å². The lowest BCUT2D eigenvalue weighted by Gasteiger charge is -1.97. The van der Waals surface area contributed by atoms with Crippen molar-refractivity contribution in [3.8, 4) is 0 Å². The lowest BCUT2D eigenvalue weighted by atomic mass is 10.5. The van der Waals surface area contributed by atoms with Crippen molar-refractivity contribution < 1.29 is 4.42 Å². The summed E-state index contributed by atoms with van der Waals surface area (Å²) in [5.41, 5.74) is 0. The smallest absolute Gasteiger partial charge is 0.114 e. The molecule has 0 spiro atoms. The van der Waals surface area contributed by atoms with E-state index in [1.165, 1.54) is 0 Å². The first-order chi connectivity index (χ1) is 6.84. The first kappa shape index (κ1) is 9.62. The number of hydrogen-bond acceptors (Lipinski definition) is 3. The van der Waals surface area contributed by atoms with Crippen molar-refractivity contribution in [1.29, 1.82) is 0 Å². The summed E-state index contributed by atoms with van der Waals surface area (Å²) < 4.78 is 5.20. The Morgan fingerprint density at radius 3 is 2.93 bits per heavy atom. The van der Waals surface area contributed by atoms with Gasteiger partial charge in [0.15, 0.2) is 0 Å². The molecule has 0 radical (unpaired) electrons. The summed E-state index contributed by atoms with van der Waals surface area (Å²) in [4.78, 5) is 4.17. The van der Waals surface area contributed by atoms with Crippen molar-refractivity contribution in [1.82, 2.24) is 4.98 Å². The molecule has 2 heterocycles. The average Bonchev–Trinajstić information content (AvgIpc) is 2.70. The minimum absolute atomic E-state index is 0.660. The van der Waals surface area contributed by atoms with Crippen molar-refractivity contribution in [3.63, 3.8) is 0 Å². The third-order valence-corrected chi connectivity index (χ3v) is 2.83. The molecule has 0 aliphatic heterocycles. The lowest BCUT2D eigenvalue weighted by molar-refractivity contribution is 0.530. The van der Waals surface area contributed by atoms with E-state index < -0.39 is 0 Å². The highest BCUT2D eigenvalue weighted by molar-refractivity contribution is 7.98. The van der Waals surface area contributed by atoms with E-state index in [2.05, 4.69) is 4.98 Å².